The first-order chi connectivity index (χ1) is 17.7. The normalized spacial score (nSPS) is 14.3. The summed E-state index contributed by atoms with van der Waals surface area (Å²) in [6, 6.07) is 32.1. The standard InChI is InChI=1S/C30H26N4O2/c35-30(25-15-13-24(14-16-25)29-32-31-28(36-29)23-8-2-1-3-9-23)34-19-17-33(18-20-34)21-26-11-6-10-22-7-4-5-12-27(22)26/h1-16H,17-21H2. The Balaban J connectivity index is 1.08. The molecule has 0 N–H and O–H groups in total. The molecule has 0 radical (unpaired) electrons. The Morgan fingerprint density at radius 1 is 0.694 bits per heavy atom. The first-order valence-electron chi connectivity index (χ1n) is 12.2. The second kappa shape index (κ2) is 9.76. The Kier molecular flexibility index (Phi) is 6.01. The largest absolute Gasteiger partial charge is 0.416 e. The molecule has 36 heavy (non-hydrogen) atoms. The summed E-state index contributed by atoms with van der Waals surface area (Å²) < 4.78 is 5.84. The molecule has 0 spiro atoms. The van der Waals surface area contributed by atoms with Gasteiger partial charge < -0.3 is 9.32 Å². The van der Waals surface area contributed by atoms with Crippen molar-refractivity contribution in [1.82, 2.24) is 20.0 Å². The number of carbonyl (C=O) groups excluding carboxylic acids is 1. The summed E-state index contributed by atoms with van der Waals surface area (Å²) in [7, 11) is 0. The molecule has 0 unspecified atom stereocenters. The highest BCUT2D eigenvalue weighted by Gasteiger charge is 2.23. The molecule has 0 bridgehead atoms. The summed E-state index contributed by atoms with van der Waals surface area (Å²) in [5.41, 5.74) is 3.67. The average Bonchev–Trinajstić information content (AvgIpc) is 3.45. The monoisotopic (exact) mass is 474 g/mol. The Hall–Kier alpha value is -4.29. The van der Waals surface area contributed by atoms with Gasteiger partial charge in [-0.2, -0.15) is 0 Å². The summed E-state index contributed by atoms with van der Waals surface area (Å²) in [4.78, 5) is 17.5. The van der Waals surface area contributed by atoms with E-state index in [1.165, 1.54) is 16.3 Å². The van der Waals surface area contributed by atoms with Gasteiger partial charge in [-0.15, -0.1) is 10.2 Å². The zero-order valence-electron chi connectivity index (χ0n) is 19.9. The van der Waals surface area contributed by atoms with Crippen LogP contribution in [0.4, 0.5) is 0 Å². The van der Waals surface area contributed by atoms with Crippen LogP contribution < -0.4 is 0 Å². The van der Waals surface area contributed by atoms with Crippen LogP contribution >= 0.6 is 0 Å². The number of fused-ring (bicyclic) bond motifs is 1. The Morgan fingerprint density at radius 2 is 1.33 bits per heavy atom. The fraction of sp³-hybridized carbons (Fsp3) is 0.167. The number of carbonyl (C=O) groups is 1. The van der Waals surface area contributed by atoms with Crippen LogP contribution in [0, 0.1) is 0 Å². The van der Waals surface area contributed by atoms with Crippen molar-refractivity contribution in [2.24, 2.45) is 0 Å². The van der Waals surface area contributed by atoms with Gasteiger partial charge in [0.25, 0.3) is 5.91 Å². The number of piperazine rings is 1. The molecule has 1 aromatic heterocycles. The molecule has 0 saturated carbocycles. The lowest BCUT2D eigenvalue weighted by atomic mass is 10.0. The summed E-state index contributed by atoms with van der Waals surface area (Å²) in [6.07, 6.45) is 0. The third kappa shape index (κ3) is 4.51. The van der Waals surface area contributed by atoms with Crippen LogP contribution in [-0.4, -0.2) is 52.1 Å². The number of aromatic nitrogens is 2. The fourth-order valence-corrected chi connectivity index (χ4v) is 4.76. The maximum Gasteiger partial charge on any atom is 0.253 e. The van der Waals surface area contributed by atoms with Crippen LogP contribution in [0.3, 0.4) is 0 Å². The quantitative estimate of drug-likeness (QED) is 0.336. The Bertz CT molecular complexity index is 1480. The SMILES string of the molecule is O=C(c1ccc(-c2nnc(-c3ccccc3)o2)cc1)N1CCN(Cc2cccc3ccccc23)CC1. The van der Waals surface area contributed by atoms with Gasteiger partial charge in [-0.05, 0) is 52.7 Å². The molecule has 1 aliphatic rings. The molecular weight excluding hydrogens is 448 g/mol. The molecule has 178 valence electrons. The van der Waals surface area contributed by atoms with E-state index in [9.17, 15) is 4.79 Å². The number of benzene rings is 4. The molecule has 1 aliphatic heterocycles. The highest BCUT2D eigenvalue weighted by molar-refractivity contribution is 5.94. The van der Waals surface area contributed by atoms with E-state index in [1.54, 1.807) is 0 Å². The average molecular weight is 475 g/mol. The minimum Gasteiger partial charge on any atom is -0.416 e. The van der Waals surface area contributed by atoms with Crippen LogP contribution in [0.25, 0.3) is 33.7 Å². The fourth-order valence-electron chi connectivity index (χ4n) is 4.76. The van der Waals surface area contributed by atoms with E-state index in [0.717, 1.165) is 43.9 Å². The van der Waals surface area contributed by atoms with E-state index in [4.69, 9.17) is 4.42 Å². The number of amides is 1. The van der Waals surface area contributed by atoms with Crippen LogP contribution in [0.2, 0.25) is 0 Å². The van der Waals surface area contributed by atoms with Crippen molar-refractivity contribution in [3.05, 3.63) is 108 Å². The third-order valence-electron chi connectivity index (χ3n) is 6.76. The lowest BCUT2D eigenvalue weighted by Crippen LogP contribution is -2.48. The summed E-state index contributed by atoms with van der Waals surface area (Å²) in [6.45, 7) is 4.05. The number of hydrogen-bond acceptors (Lipinski definition) is 5. The van der Waals surface area contributed by atoms with Gasteiger partial charge in [0.2, 0.25) is 11.8 Å². The molecule has 0 aliphatic carbocycles. The predicted molar refractivity (Wildman–Crippen MR) is 140 cm³/mol. The van der Waals surface area contributed by atoms with Crippen LogP contribution in [0.5, 0.6) is 0 Å². The summed E-state index contributed by atoms with van der Waals surface area (Å²) in [5.74, 6) is 0.976. The zero-order chi connectivity index (χ0) is 24.3. The first kappa shape index (κ1) is 22.2. The predicted octanol–water partition coefficient (Wildman–Crippen LogP) is 5.51. The third-order valence-corrected chi connectivity index (χ3v) is 6.76. The highest BCUT2D eigenvalue weighted by atomic mass is 16.4. The maximum atomic E-state index is 13.1. The lowest BCUT2D eigenvalue weighted by Gasteiger charge is -2.35. The smallest absolute Gasteiger partial charge is 0.253 e. The highest BCUT2D eigenvalue weighted by Crippen LogP contribution is 2.25. The van der Waals surface area contributed by atoms with Gasteiger partial charge in [-0.25, -0.2) is 0 Å². The van der Waals surface area contributed by atoms with E-state index in [0.29, 0.717) is 17.3 Å². The lowest BCUT2D eigenvalue weighted by molar-refractivity contribution is 0.0629. The second-order valence-electron chi connectivity index (χ2n) is 9.06. The van der Waals surface area contributed by atoms with Crippen molar-refractivity contribution in [3.8, 4) is 22.9 Å². The van der Waals surface area contributed by atoms with E-state index >= 15 is 0 Å². The van der Waals surface area contributed by atoms with Crippen molar-refractivity contribution in [2.75, 3.05) is 26.2 Å². The van der Waals surface area contributed by atoms with Gasteiger partial charge in [-0.3, -0.25) is 9.69 Å². The van der Waals surface area contributed by atoms with Crippen molar-refractivity contribution < 1.29 is 9.21 Å². The van der Waals surface area contributed by atoms with Gasteiger partial charge in [0.15, 0.2) is 0 Å². The molecule has 6 heteroatoms. The molecular formula is C30H26N4O2. The van der Waals surface area contributed by atoms with E-state index < -0.39 is 0 Å². The zero-order valence-corrected chi connectivity index (χ0v) is 19.9. The van der Waals surface area contributed by atoms with Gasteiger partial charge in [0.05, 0.1) is 0 Å². The number of hydrogen-bond donors (Lipinski definition) is 0. The topological polar surface area (TPSA) is 62.5 Å². The van der Waals surface area contributed by atoms with Crippen molar-refractivity contribution in [1.29, 1.82) is 0 Å². The second-order valence-corrected chi connectivity index (χ2v) is 9.06. The molecule has 1 amide bonds. The minimum absolute atomic E-state index is 0.0573. The molecule has 0 atom stereocenters. The number of nitrogens with zero attached hydrogens (tertiary/aromatic N) is 4. The van der Waals surface area contributed by atoms with Gasteiger partial charge in [-0.1, -0.05) is 60.7 Å². The van der Waals surface area contributed by atoms with Gasteiger partial charge in [0.1, 0.15) is 0 Å². The van der Waals surface area contributed by atoms with E-state index in [-0.39, 0.29) is 5.91 Å². The molecule has 1 saturated heterocycles. The number of rotatable bonds is 5. The summed E-state index contributed by atoms with van der Waals surface area (Å²) in [5, 5.41) is 10.9. The van der Waals surface area contributed by atoms with Crippen molar-refractivity contribution in [3.63, 3.8) is 0 Å². The Labute approximate surface area is 209 Å². The molecule has 6 rings (SSSR count). The van der Waals surface area contributed by atoms with Crippen LogP contribution in [-0.2, 0) is 6.54 Å². The molecule has 4 aromatic carbocycles. The van der Waals surface area contributed by atoms with E-state index in [1.807, 2.05) is 59.5 Å². The molecule has 2 heterocycles. The van der Waals surface area contributed by atoms with Crippen LogP contribution in [0.15, 0.2) is 101 Å². The van der Waals surface area contributed by atoms with Crippen LogP contribution in [0.1, 0.15) is 15.9 Å². The van der Waals surface area contributed by atoms with Crippen molar-refractivity contribution in [2.45, 2.75) is 6.54 Å². The molecule has 6 nitrogen and oxygen atoms in total. The Morgan fingerprint density at radius 3 is 2.08 bits per heavy atom. The van der Waals surface area contributed by atoms with Gasteiger partial charge >= 0.3 is 0 Å². The van der Waals surface area contributed by atoms with E-state index in [2.05, 4.69) is 57.6 Å². The maximum absolute atomic E-state index is 13.1. The van der Waals surface area contributed by atoms with Gasteiger partial charge in [0, 0.05) is 49.4 Å². The first-order valence-corrected chi connectivity index (χ1v) is 12.2. The summed E-state index contributed by atoms with van der Waals surface area (Å²) >= 11 is 0. The van der Waals surface area contributed by atoms with Crippen molar-refractivity contribution >= 4 is 16.7 Å². The minimum atomic E-state index is 0.0573. The molecule has 5 aromatic rings. The molecule has 1 fully saturated rings.